The minimum atomic E-state index is -0.277. The maximum atomic E-state index is 13.1. The van der Waals surface area contributed by atoms with E-state index in [0.717, 1.165) is 10.0 Å². The van der Waals surface area contributed by atoms with Gasteiger partial charge in [-0.1, -0.05) is 22.5 Å². The summed E-state index contributed by atoms with van der Waals surface area (Å²) in [6.07, 6.45) is 0.585. The molecule has 0 aliphatic rings. The molecule has 0 aliphatic carbocycles. The first-order chi connectivity index (χ1) is 7.49. The molecule has 1 rings (SSSR count). The predicted octanol–water partition coefficient (Wildman–Crippen LogP) is 3.00. The van der Waals surface area contributed by atoms with Crippen LogP contribution in [-0.2, 0) is 6.42 Å². The molecule has 0 aromatic heterocycles. The average molecular weight is 288 g/mol. The van der Waals surface area contributed by atoms with Crippen LogP contribution in [0.1, 0.15) is 12.5 Å². The van der Waals surface area contributed by atoms with E-state index in [0.29, 0.717) is 18.8 Å². The van der Waals surface area contributed by atoms with Gasteiger partial charge in [-0.05, 0) is 37.1 Å². The maximum absolute atomic E-state index is 13.1. The monoisotopic (exact) mass is 287 g/mol. The van der Waals surface area contributed by atoms with Crippen LogP contribution in [0.3, 0.4) is 0 Å². The molecule has 0 saturated carbocycles. The van der Waals surface area contributed by atoms with Crippen molar-refractivity contribution < 1.29 is 9.13 Å². The van der Waals surface area contributed by atoms with Crippen molar-refractivity contribution in [1.82, 2.24) is 0 Å². The SMILES string of the molecule is C=C(Br)COc1ccc(F)cc1CC(C)N. The quantitative estimate of drug-likeness (QED) is 0.904. The number of benzene rings is 1. The van der Waals surface area contributed by atoms with Crippen LogP contribution in [-0.4, -0.2) is 12.6 Å². The Kier molecular flexibility index (Phi) is 4.96. The highest BCUT2D eigenvalue weighted by molar-refractivity contribution is 9.11. The lowest BCUT2D eigenvalue weighted by Crippen LogP contribution is -2.18. The summed E-state index contributed by atoms with van der Waals surface area (Å²) in [6.45, 7) is 5.90. The van der Waals surface area contributed by atoms with Gasteiger partial charge in [0.05, 0.1) is 0 Å². The average Bonchev–Trinajstić information content (AvgIpc) is 2.15. The van der Waals surface area contributed by atoms with Crippen molar-refractivity contribution in [3.8, 4) is 5.75 Å². The fourth-order valence-corrected chi connectivity index (χ4v) is 1.47. The number of ether oxygens (including phenoxy) is 1. The van der Waals surface area contributed by atoms with Gasteiger partial charge in [-0.2, -0.15) is 0 Å². The van der Waals surface area contributed by atoms with Gasteiger partial charge in [0.2, 0.25) is 0 Å². The van der Waals surface area contributed by atoms with Crippen LogP contribution in [0, 0.1) is 5.82 Å². The summed E-state index contributed by atoms with van der Waals surface area (Å²) in [4.78, 5) is 0. The van der Waals surface area contributed by atoms with Crippen molar-refractivity contribution in [3.63, 3.8) is 0 Å². The zero-order chi connectivity index (χ0) is 12.1. The number of halogens is 2. The van der Waals surface area contributed by atoms with Crippen molar-refractivity contribution in [3.05, 3.63) is 40.6 Å². The minimum Gasteiger partial charge on any atom is -0.488 e. The first-order valence-corrected chi connectivity index (χ1v) is 5.78. The van der Waals surface area contributed by atoms with E-state index in [4.69, 9.17) is 10.5 Å². The molecule has 1 atom stereocenters. The summed E-state index contributed by atoms with van der Waals surface area (Å²) in [5, 5.41) is 0. The molecule has 1 aromatic carbocycles. The van der Waals surface area contributed by atoms with Gasteiger partial charge < -0.3 is 10.5 Å². The molecule has 0 radical (unpaired) electrons. The highest BCUT2D eigenvalue weighted by atomic mass is 79.9. The Hall–Kier alpha value is -0.870. The molecule has 4 heteroatoms. The van der Waals surface area contributed by atoms with Gasteiger partial charge in [-0.25, -0.2) is 4.39 Å². The summed E-state index contributed by atoms with van der Waals surface area (Å²) in [5.41, 5.74) is 6.48. The second kappa shape index (κ2) is 6.01. The summed E-state index contributed by atoms with van der Waals surface area (Å²) in [7, 11) is 0. The van der Waals surface area contributed by atoms with Gasteiger partial charge in [0.15, 0.2) is 0 Å². The van der Waals surface area contributed by atoms with Gasteiger partial charge in [0.1, 0.15) is 18.2 Å². The zero-order valence-electron chi connectivity index (χ0n) is 9.17. The van der Waals surface area contributed by atoms with Crippen molar-refractivity contribution in [2.45, 2.75) is 19.4 Å². The molecule has 0 heterocycles. The second-order valence-electron chi connectivity index (χ2n) is 3.74. The molecule has 1 aromatic rings. The lowest BCUT2D eigenvalue weighted by atomic mass is 10.1. The third-order valence-electron chi connectivity index (χ3n) is 1.95. The molecular weight excluding hydrogens is 273 g/mol. The van der Waals surface area contributed by atoms with Gasteiger partial charge in [0, 0.05) is 10.5 Å². The fraction of sp³-hybridized carbons (Fsp3) is 0.333. The van der Waals surface area contributed by atoms with Crippen molar-refractivity contribution in [2.24, 2.45) is 5.73 Å². The van der Waals surface area contributed by atoms with Crippen LogP contribution < -0.4 is 10.5 Å². The van der Waals surface area contributed by atoms with Crippen LogP contribution in [0.15, 0.2) is 29.3 Å². The molecule has 0 bridgehead atoms. The van der Waals surface area contributed by atoms with E-state index in [9.17, 15) is 4.39 Å². The summed E-state index contributed by atoms with van der Waals surface area (Å²) >= 11 is 3.20. The zero-order valence-corrected chi connectivity index (χ0v) is 10.8. The van der Waals surface area contributed by atoms with Crippen LogP contribution in [0.25, 0.3) is 0 Å². The van der Waals surface area contributed by atoms with Crippen LogP contribution in [0.5, 0.6) is 5.75 Å². The van der Waals surface area contributed by atoms with Gasteiger partial charge in [0.25, 0.3) is 0 Å². The third kappa shape index (κ3) is 4.33. The molecule has 0 amide bonds. The van der Waals surface area contributed by atoms with E-state index in [1.807, 2.05) is 6.92 Å². The number of hydrogen-bond acceptors (Lipinski definition) is 2. The molecule has 1 unspecified atom stereocenters. The van der Waals surface area contributed by atoms with Gasteiger partial charge in [-0.3, -0.25) is 0 Å². The summed E-state index contributed by atoms with van der Waals surface area (Å²) < 4.78 is 19.3. The highest BCUT2D eigenvalue weighted by Gasteiger charge is 2.08. The lowest BCUT2D eigenvalue weighted by Gasteiger charge is -2.12. The maximum Gasteiger partial charge on any atom is 0.123 e. The molecular formula is C12H15BrFNO. The van der Waals surface area contributed by atoms with Crippen LogP contribution >= 0.6 is 15.9 Å². The molecule has 88 valence electrons. The van der Waals surface area contributed by atoms with Gasteiger partial charge in [-0.15, -0.1) is 0 Å². The van der Waals surface area contributed by atoms with E-state index in [1.54, 1.807) is 6.07 Å². The van der Waals surface area contributed by atoms with Crippen molar-refractivity contribution in [1.29, 1.82) is 0 Å². The smallest absolute Gasteiger partial charge is 0.123 e. The standard InChI is InChI=1S/C12H15BrFNO/c1-8(13)7-16-12-4-3-11(14)6-10(12)5-9(2)15/h3-4,6,9H,1,5,7,15H2,2H3. The summed E-state index contributed by atoms with van der Waals surface area (Å²) in [6, 6.07) is 4.41. The fourth-order valence-electron chi connectivity index (χ4n) is 1.35. The van der Waals surface area contributed by atoms with Crippen LogP contribution in [0.2, 0.25) is 0 Å². The third-order valence-corrected chi connectivity index (χ3v) is 2.18. The number of rotatable bonds is 5. The molecule has 0 saturated heterocycles. The van der Waals surface area contributed by atoms with E-state index in [-0.39, 0.29) is 11.9 Å². The van der Waals surface area contributed by atoms with Crippen molar-refractivity contribution in [2.75, 3.05) is 6.61 Å². The Morgan fingerprint density at radius 1 is 1.62 bits per heavy atom. The van der Waals surface area contributed by atoms with E-state index < -0.39 is 0 Å². The lowest BCUT2D eigenvalue weighted by molar-refractivity contribution is 0.355. The van der Waals surface area contributed by atoms with E-state index in [1.165, 1.54) is 12.1 Å². The summed E-state index contributed by atoms with van der Waals surface area (Å²) in [5.74, 6) is 0.375. The molecule has 2 nitrogen and oxygen atoms in total. The molecule has 0 fully saturated rings. The Bertz CT molecular complexity index is 379. The Balaban J connectivity index is 2.84. The van der Waals surface area contributed by atoms with Gasteiger partial charge >= 0.3 is 0 Å². The Morgan fingerprint density at radius 3 is 2.88 bits per heavy atom. The van der Waals surface area contributed by atoms with Crippen molar-refractivity contribution >= 4 is 15.9 Å². The topological polar surface area (TPSA) is 35.2 Å². The molecule has 16 heavy (non-hydrogen) atoms. The van der Waals surface area contributed by atoms with E-state index in [2.05, 4.69) is 22.5 Å². The Morgan fingerprint density at radius 2 is 2.31 bits per heavy atom. The Labute approximate surface area is 103 Å². The van der Waals surface area contributed by atoms with Crippen LogP contribution in [0.4, 0.5) is 4.39 Å². The second-order valence-corrected chi connectivity index (χ2v) is 4.86. The normalized spacial score (nSPS) is 12.2. The number of nitrogens with two attached hydrogens (primary N) is 1. The largest absolute Gasteiger partial charge is 0.488 e. The first-order valence-electron chi connectivity index (χ1n) is 4.99. The molecule has 2 N–H and O–H groups in total. The minimum absolute atomic E-state index is 0.0312. The number of hydrogen-bond donors (Lipinski definition) is 1. The van der Waals surface area contributed by atoms with E-state index >= 15 is 0 Å². The molecule has 0 aliphatic heterocycles. The molecule has 0 spiro atoms. The first kappa shape index (κ1) is 13.2. The highest BCUT2D eigenvalue weighted by Crippen LogP contribution is 2.22. The predicted molar refractivity (Wildman–Crippen MR) is 67.3 cm³/mol.